The van der Waals surface area contributed by atoms with Crippen LogP contribution in [0.1, 0.15) is 23.7 Å². The largest absolute Gasteiger partial charge is 0.462 e. The fourth-order valence-electron chi connectivity index (χ4n) is 0.894. The Morgan fingerprint density at radius 1 is 1.50 bits per heavy atom. The molecule has 1 aromatic rings. The molecule has 0 saturated heterocycles. The summed E-state index contributed by atoms with van der Waals surface area (Å²) >= 11 is 0. The summed E-state index contributed by atoms with van der Waals surface area (Å²) in [6.45, 7) is 2.27. The van der Waals surface area contributed by atoms with E-state index in [4.69, 9.17) is 17.7 Å². The number of ether oxygens (including phenoxy) is 1. The summed E-state index contributed by atoms with van der Waals surface area (Å²) in [7, 11) is -0.137. The molecule has 0 heterocycles. The second-order valence-corrected chi connectivity index (χ2v) is 5.05. The van der Waals surface area contributed by atoms with E-state index in [0.717, 1.165) is 12.5 Å². The van der Waals surface area contributed by atoms with Crippen molar-refractivity contribution in [2.45, 2.75) is 13.3 Å². The van der Waals surface area contributed by atoms with Crippen LogP contribution >= 0.6 is 10.7 Å². The lowest BCUT2D eigenvalue weighted by Gasteiger charge is -2.02. The van der Waals surface area contributed by atoms with Crippen molar-refractivity contribution in [3.63, 3.8) is 0 Å². The zero-order chi connectivity index (χ0) is 14.2. The zero-order valence-corrected chi connectivity index (χ0v) is 11.0. The van der Waals surface area contributed by atoms with Crippen LogP contribution in [0.15, 0.2) is 24.3 Å². The van der Waals surface area contributed by atoms with Crippen LogP contribution in [0, 0.1) is 5.82 Å². The molecule has 0 bridgehead atoms. The van der Waals surface area contributed by atoms with Gasteiger partial charge in [0.1, 0.15) is 5.82 Å². The molecule has 0 fully saturated rings. The van der Waals surface area contributed by atoms with Crippen molar-refractivity contribution in [1.29, 1.82) is 0 Å². The molecule has 8 heteroatoms. The average Bonchev–Trinajstić information content (AvgIpc) is 2.23. The van der Waals surface area contributed by atoms with Crippen LogP contribution in [0.25, 0.3) is 0 Å². The highest BCUT2D eigenvalue weighted by molar-refractivity contribution is 8.09. The van der Waals surface area contributed by atoms with Crippen LogP contribution in [0.2, 0.25) is 0 Å². The normalized spacial score (nSPS) is 10.2. The maximum absolute atomic E-state index is 12.6. The number of rotatable bonds is 3. The number of halogens is 2. The molecule has 5 nitrogen and oxygen atoms in total. The quantitative estimate of drug-likeness (QED) is 0.526. The molecular weight excluding hydrogens is 287 g/mol. The average molecular weight is 299 g/mol. The summed E-state index contributed by atoms with van der Waals surface area (Å²) in [5.74, 6) is -0.896. The number of hydrogen-bond donors (Lipinski definition) is 1. The molecule has 0 radical (unpaired) electrons. The Balaban J connectivity index is 0.000000494. The van der Waals surface area contributed by atoms with Gasteiger partial charge in [0.05, 0.1) is 12.2 Å². The molecule has 102 valence electrons. The number of esters is 1. The highest BCUT2D eigenvalue weighted by Gasteiger charge is 2.06. The first-order valence-corrected chi connectivity index (χ1v) is 7.10. The Kier molecular flexibility index (Phi) is 7.49. The molecule has 0 atom stereocenters. The van der Waals surface area contributed by atoms with Gasteiger partial charge in [-0.2, -0.15) is 8.42 Å². The van der Waals surface area contributed by atoms with Gasteiger partial charge in [0.15, 0.2) is 0 Å². The van der Waals surface area contributed by atoms with E-state index >= 15 is 0 Å². The predicted molar refractivity (Wildman–Crippen MR) is 64.4 cm³/mol. The lowest BCUT2D eigenvalue weighted by atomic mass is 10.2. The van der Waals surface area contributed by atoms with Crippen molar-refractivity contribution in [2.75, 3.05) is 6.61 Å². The standard InChI is InChI=1S/C10H11FO2.ClHO3S/c1-2-6-13-10(12)8-4-3-5-9(11)7-8;1-5(2,3)4/h3-5,7H,2,6H2,1H3;(H,2,3,4). The predicted octanol–water partition coefficient (Wildman–Crippen LogP) is 2.42. The number of benzene rings is 1. The molecule has 0 unspecified atom stereocenters. The summed E-state index contributed by atoms with van der Waals surface area (Å²) in [6, 6.07) is 5.47. The topological polar surface area (TPSA) is 80.7 Å². The molecular formula is C10H12ClFO5S. The van der Waals surface area contributed by atoms with E-state index in [0.29, 0.717) is 6.61 Å². The first-order valence-electron chi connectivity index (χ1n) is 4.83. The minimum absolute atomic E-state index is 0.258. The van der Waals surface area contributed by atoms with E-state index in [-0.39, 0.29) is 5.56 Å². The van der Waals surface area contributed by atoms with Gasteiger partial charge in [0.2, 0.25) is 0 Å². The third kappa shape index (κ3) is 10.0. The van der Waals surface area contributed by atoms with Crippen molar-refractivity contribution >= 4 is 26.0 Å². The lowest BCUT2D eigenvalue weighted by molar-refractivity contribution is 0.0504. The fraction of sp³-hybridized carbons (Fsp3) is 0.300. The van der Waals surface area contributed by atoms with Crippen molar-refractivity contribution in [3.8, 4) is 0 Å². The van der Waals surface area contributed by atoms with Crippen LogP contribution < -0.4 is 0 Å². The first kappa shape index (κ1) is 16.8. The van der Waals surface area contributed by atoms with Gasteiger partial charge in [-0.05, 0) is 24.6 Å². The van der Waals surface area contributed by atoms with Gasteiger partial charge < -0.3 is 4.74 Å². The Bertz CT molecular complexity index is 481. The third-order valence-electron chi connectivity index (χ3n) is 1.50. The Labute approximate surface area is 109 Å². The molecule has 1 N–H and O–H groups in total. The zero-order valence-electron chi connectivity index (χ0n) is 9.47. The van der Waals surface area contributed by atoms with Crippen LogP contribution in [0.3, 0.4) is 0 Å². The number of carbonyl (C=O) groups excluding carboxylic acids is 1. The Morgan fingerprint density at radius 2 is 2.06 bits per heavy atom. The van der Waals surface area contributed by atoms with Gasteiger partial charge in [-0.15, -0.1) is 0 Å². The summed E-state index contributed by atoms with van der Waals surface area (Å²) in [4.78, 5) is 11.2. The van der Waals surface area contributed by atoms with E-state index in [1.54, 1.807) is 0 Å². The SMILES string of the molecule is CCCOC(=O)c1cccc(F)c1.O=S(=O)(O)Cl. The van der Waals surface area contributed by atoms with E-state index in [9.17, 15) is 9.18 Å². The van der Waals surface area contributed by atoms with Gasteiger partial charge in [-0.1, -0.05) is 13.0 Å². The summed E-state index contributed by atoms with van der Waals surface area (Å²) in [5.41, 5.74) is 0.258. The molecule has 0 aromatic heterocycles. The van der Waals surface area contributed by atoms with Crippen molar-refractivity contribution < 1.29 is 26.9 Å². The van der Waals surface area contributed by atoms with Gasteiger partial charge in [0.25, 0.3) is 0 Å². The molecule has 0 saturated carbocycles. The second kappa shape index (κ2) is 8.02. The third-order valence-corrected chi connectivity index (χ3v) is 1.50. The minimum Gasteiger partial charge on any atom is -0.462 e. The second-order valence-electron chi connectivity index (χ2n) is 3.06. The molecule has 0 spiro atoms. The first-order chi connectivity index (χ1) is 8.24. The van der Waals surface area contributed by atoms with Crippen molar-refractivity contribution in [3.05, 3.63) is 35.6 Å². The smallest absolute Gasteiger partial charge is 0.353 e. The Morgan fingerprint density at radius 3 is 2.50 bits per heavy atom. The van der Waals surface area contributed by atoms with Gasteiger partial charge in [-0.3, -0.25) is 4.55 Å². The van der Waals surface area contributed by atoms with Gasteiger partial charge in [0, 0.05) is 10.7 Å². The van der Waals surface area contributed by atoms with Gasteiger partial charge in [-0.25, -0.2) is 9.18 Å². The molecule has 1 aromatic carbocycles. The van der Waals surface area contributed by atoms with Crippen LogP contribution in [-0.4, -0.2) is 25.5 Å². The van der Waals surface area contributed by atoms with Crippen LogP contribution in [-0.2, 0) is 14.1 Å². The maximum atomic E-state index is 12.6. The summed E-state index contributed by atoms with van der Waals surface area (Å²) < 4.78 is 42.6. The monoisotopic (exact) mass is 298 g/mol. The highest BCUT2D eigenvalue weighted by Crippen LogP contribution is 2.05. The Hall–Kier alpha value is -1.18. The van der Waals surface area contributed by atoms with E-state index in [1.807, 2.05) is 6.92 Å². The molecule has 1 rings (SSSR count). The van der Waals surface area contributed by atoms with Crippen molar-refractivity contribution in [1.82, 2.24) is 0 Å². The fourth-order valence-corrected chi connectivity index (χ4v) is 0.894. The molecule has 0 amide bonds. The number of carbonyl (C=O) groups is 1. The van der Waals surface area contributed by atoms with Crippen molar-refractivity contribution in [2.24, 2.45) is 0 Å². The molecule has 0 aliphatic rings. The van der Waals surface area contributed by atoms with Crippen LogP contribution in [0.4, 0.5) is 4.39 Å². The minimum atomic E-state index is -4.19. The van der Waals surface area contributed by atoms with Crippen LogP contribution in [0.5, 0.6) is 0 Å². The van der Waals surface area contributed by atoms with E-state index in [1.165, 1.54) is 18.2 Å². The van der Waals surface area contributed by atoms with Gasteiger partial charge >= 0.3 is 15.3 Å². The van der Waals surface area contributed by atoms with E-state index < -0.39 is 21.1 Å². The van der Waals surface area contributed by atoms with E-state index in [2.05, 4.69) is 10.7 Å². The maximum Gasteiger partial charge on any atom is 0.353 e. The lowest BCUT2D eigenvalue weighted by Crippen LogP contribution is -2.05. The molecule has 0 aliphatic heterocycles. The summed E-state index contributed by atoms with van der Waals surface area (Å²) in [5, 5.41) is 0. The molecule has 18 heavy (non-hydrogen) atoms. The molecule has 0 aliphatic carbocycles. The summed E-state index contributed by atoms with van der Waals surface area (Å²) in [6.07, 6.45) is 0.765. The highest BCUT2D eigenvalue weighted by atomic mass is 35.7. The number of hydrogen-bond acceptors (Lipinski definition) is 4.